The van der Waals surface area contributed by atoms with E-state index in [0.717, 1.165) is 10.0 Å². The normalized spacial score (nSPS) is 11.8. The van der Waals surface area contributed by atoms with Crippen LogP contribution in [0.4, 0.5) is 5.69 Å². The molecule has 0 aromatic heterocycles. The molecule has 2 aromatic rings. The maximum Gasteiger partial charge on any atom is 0.253 e. The van der Waals surface area contributed by atoms with Crippen molar-refractivity contribution in [2.45, 2.75) is 13.0 Å². The number of halogens is 1. The van der Waals surface area contributed by atoms with E-state index in [2.05, 4.69) is 21.2 Å². The molecule has 5 heteroatoms. The summed E-state index contributed by atoms with van der Waals surface area (Å²) in [5.74, 6) is 0.418. The first kappa shape index (κ1) is 15.4. The molecule has 0 aliphatic carbocycles. The van der Waals surface area contributed by atoms with Crippen molar-refractivity contribution in [3.63, 3.8) is 0 Å². The fraction of sp³-hybridized carbons (Fsp3) is 0.188. The monoisotopic (exact) mass is 348 g/mol. The number of nitrogen functional groups attached to an aromatic ring is 1. The van der Waals surface area contributed by atoms with E-state index in [1.165, 1.54) is 0 Å². The Kier molecular flexibility index (Phi) is 4.85. The van der Waals surface area contributed by atoms with Gasteiger partial charge in [0.1, 0.15) is 5.75 Å². The molecule has 0 heterocycles. The van der Waals surface area contributed by atoms with Gasteiger partial charge < -0.3 is 15.8 Å². The molecule has 1 amide bonds. The molecule has 4 nitrogen and oxygen atoms in total. The van der Waals surface area contributed by atoms with Gasteiger partial charge in [-0.25, -0.2) is 0 Å². The third-order valence-corrected chi connectivity index (χ3v) is 3.94. The average Bonchev–Trinajstić information content (AvgIpc) is 2.47. The molecule has 2 rings (SSSR count). The van der Waals surface area contributed by atoms with Crippen LogP contribution in [0.2, 0.25) is 0 Å². The van der Waals surface area contributed by atoms with Gasteiger partial charge in [-0.15, -0.1) is 0 Å². The van der Waals surface area contributed by atoms with E-state index in [1.54, 1.807) is 25.3 Å². The number of amides is 1. The van der Waals surface area contributed by atoms with Gasteiger partial charge in [0.25, 0.3) is 5.91 Å². The van der Waals surface area contributed by atoms with Gasteiger partial charge in [-0.3, -0.25) is 4.79 Å². The van der Waals surface area contributed by atoms with Crippen molar-refractivity contribution in [1.82, 2.24) is 5.32 Å². The van der Waals surface area contributed by atoms with Gasteiger partial charge in [0.05, 0.1) is 18.7 Å². The van der Waals surface area contributed by atoms with Crippen LogP contribution in [-0.4, -0.2) is 13.0 Å². The van der Waals surface area contributed by atoms with Crippen LogP contribution in [0.5, 0.6) is 5.75 Å². The summed E-state index contributed by atoms with van der Waals surface area (Å²) in [5, 5.41) is 2.94. The predicted octanol–water partition coefficient (Wildman–Crippen LogP) is 3.53. The average molecular weight is 349 g/mol. The minimum absolute atomic E-state index is 0.130. The lowest BCUT2D eigenvalue weighted by molar-refractivity contribution is 0.0940. The van der Waals surface area contributed by atoms with Crippen molar-refractivity contribution in [1.29, 1.82) is 0 Å². The van der Waals surface area contributed by atoms with Crippen molar-refractivity contribution in [3.8, 4) is 5.75 Å². The molecule has 0 spiro atoms. The van der Waals surface area contributed by atoms with E-state index in [-0.39, 0.29) is 11.9 Å². The van der Waals surface area contributed by atoms with Crippen LogP contribution in [0.1, 0.15) is 28.9 Å². The maximum atomic E-state index is 12.3. The second-order valence-electron chi connectivity index (χ2n) is 4.67. The van der Waals surface area contributed by atoms with Gasteiger partial charge in [0.15, 0.2) is 0 Å². The van der Waals surface area contributed by atoms with E-state index in [0.29, 0.717) is 17.0 Å². The lowest BCUT2D eigenvalue weighted by Crippen LogP contribution is -2.27. The molecule has 0 radical (unpaired) electrons. The quantitative estimate of drug-likeness (QED) is 0.830. The van der Waals surface area contributed by atoms with Crippen molar-refractivity contribution in [2.75, 3.05) is 12.8 Å². The van der Waals surface area contributed by atoms with E-state index in [1.807, 2.05) is 31.2 Å². The summed E-state index contributed by atoms with van der Waals surface area (Å²) >= 11 is 3.48. The van der Waals surface area contributed by atoms with Crippen LogP contribution >= 0.6 is 15.9 Å². The van der Waals surface area contributed by atoms with Crippen LogP contribution in [0, 0.1) is 0 Å². The maximum absolute atomic E-state index is 12.3. The van der Waals surface area contributed by atoms with Crippen LogP contribution in [0.25, 0.3) is 0 Å². The fourth-order valence-electron chi connectivity index (χ4n) is 2.05. The molecular formula is C16H17BrN2O2. The van der Waals surface area contributed by atoms with E-state index in [4.69, 9.17) is 10.5 Å². The van der Waals surface area contributed by atoms with Crippen LogP contribution in [-0.2, 0) is 0 Å². The fourth-order valence-corrected chi connectivity index (χ4v) is 2.68. The van der Waals surface area contributed by atoms with Gasteiger partial charge in [-0.2, -0.15) is 0 Å². The summed E-state index contributed by atoms with van der Waals surface area (Å²) in [6.45, 7) is 1.93. The lowest BCUT2D eigenvalue weighted by atomic mass is 10.1. The zero-order valence-corrected chi connectivity index (χ0v) is 13.5. The smallest absolute Gasteiger partial charge is 0.253 e. The molecule has 0 aliphatic heterocycles. The molecule has 0 saturated heterocycles. The van der Waals surface area contributed by atoms with E-state index < -0.39 is 0 Å². The second kappa shape index (κ2) is 6.63. The Morgan fingerprint density at radius 1 is 1.29 bits per heavy atom. The number of methoxy groups -OCH3 is 1. The molecule has 1 unspecified atom stereocenters. The summed E-state index contributed by atoms with van der Waals surface area (Å²) in [6, 6.07) is 12.7. The van der Waals surface area contributed by atoms with Gasteiger partial charge in [0.2, 0.25) is 0 Å². The number of hydrogen-bond donors (Lipinski definition) is 2. The number of benzene rings is 2. The first-order valence-corrected chi connectivity index (χ1v) is 7.31. The molecule has 0 aliphatic rings. The first-order valence-electron chi connectivity index (χ1n) is 6.51. The SMILES string of the molecule is COc1ccc(C(=O)NC(C)c2ccccc2Br)c(N)c1. The van der Waals surface area contributed by atoms with Gasteiger partial charge >= 0.3 is 0 Å². The summed E-state index contributed by atoms with van der Waals surface area (Å²) in [6.07, 6.45) is 0. The number of nitrogens with two attached hydrogens (primary N) is 1. The molecule has 21 heavy (non-hydrogen) atoms. The van der Waals surface area contributed by atoms with Crippen LogP contribution in [0.3, 0.4) is 0 Å². The summed E-state index contributed by atoms with van der Waals surface area (Å²) < 4.78 is 6.04. The highest BCUT2D eigenvalue weighted by Gasteiger charge is 2.15. The van der Waals surface area contributed by atoms with Gasteiger partial charge in [-0.1, -0.05) is 34.1 Å². The van der Waals surface area contributed by atoms with Crippen molar-refractivity contribution in [2.24, 2.45) is 0 Å². The molecular weight excluding hydrogens is 332 g/mol. The number of rotatable bonds is 4. The van der Waals surface area contributed by atoms with Gasteiger partial charge in [-0.05, 0) is 30.7 Å². The van der Waals surface area contributed by atoms with Crippen LogP contribution < -0.4 is 15.8 Å². The molecule has 1 atom stereocenters. The van der Waals surface area contributed by atoms with E-state index >= 15 is 0 Å². The summed E-state index contributed by atoms with van der Waals surface area (Å²) in [4.78, 5) is 12.3. The molecule has 0 saturated carbocycles. The number of hydrogen-bond acceptors (Lipinski definition) is 3. The highest BCUT2D eigenvalue weighted by molar-refractivity contribution is 9.10. The second-order valence-corrected chi connectivity index (χ2v) is 5.52. The number of nitrogens with one attached hydrogen (secondary N) is 1. The zero-order chi connectivity index (χ0) is 15.4. The third-order valence-electron chi connectivity index (χ3n) is 3.22. The summed E-state index contributed by atoms with van der Waals surface area (Å²) in [5.41, 5.74) is 7.74. The Morgan fingerprint density at radius 3 is 2.62 bits per heavy atom. The van der Waals surface area contributed by atoms with Gasteiger partial charge in [0, 0.05) is 16.2 Å². The van der Waals surface area contributed by atoms with E-state index in [9.17, 15) is 4.79 Å². The summed E-state index contributed by atoms with van der Waals surface area (Å²) in [7, 11) is 1.56. The minimum Gasteiger partial charge on any atom is -0.497 e. The largest absolute Gasteiger partial charge is 0.497 e. The molecule has 0 bridgehead atoms. The molecule has 110 valence electrons. The van der Waals surface area contributed by atoms with Crippen molar-refractivity contribution < 1.29 is 9.53 Å². The number of carbonyl (C=O) groups is 1. The predicted molar refractivity (Wildman–Crippen MR) is 87.4 cm³/mol. The van der Waals surface area contributed by atoms with Crippen molar-refractivity contribution in [3.05, 3.63) is 58.1 Å². The highest BCUT2D eigenvalue weighted by atomic mass is 79.9. The highest BCUT2D eigenvalue weighted by Crippen LogP contribution is 2.24. The Labute approximate surface area is 132 Å². The molecule has 2 aromatic carbocycles. The number of anilines is 1. The Hall–Kier alpha value is -2.01. The Balaban J connectivity index is 2.16. The molecule has 0 fully saturated rings. The minimum atomic E-state index is -0.210. The Bertz CT molecular complexity index is 658. The third kappa shape index (κ3) is 3.55. The topological polar surface area (TPSA) is 64.3 Å². The zero-order valence-electron chi connectivity index (χ0n) is 11.9. The first-order chi connectivity index (χ1) is 10.0. The standard InChI is InChI=1S/C16H17BrN2O2/c1-10(12-5-3-4-6-14(12)17)19-16(20)13-8-7-11(21-2)9-15(13)18/h3-10H,18H2,1-2H3,(H,19,20). The van der Waals surface area contributed by atoms with Crippen molar-refractivity contribution >= 4 is 27.5 Å². The molecule has 3 N–H and O–H groups in total. The lowest BCUT2D eigenvalue weighted by Gasteiger charge is -2.16. The Morgan fingerprint density at radius 2 is 2.00 bits per heavy atom. The van der Waals surface area contributed by atoms with Crippen LogP contribution in [0.15, 0.2) is 46.9 Å². The number of ether oxygens (including phenoxy) is 1. The number of carbonyl (C=O) groups excluding carboxylic acids is 1.